The van der Waals surface area contributed by atoms with Gasteiger partial charge in [0, 0.05) is 18.4 Å². The molecular weight excluding hydrogens is 272 g/mol. The Balaban J connectivity index is 1.65. The Labute approximate surface area is 133 Å². The molecule has 1 atom stereocenters. The first-order valence-corrected chi connectivity index (χ1v) is 8.63. The molecule has 0 amide bonds. The van der Waals surface area contributed by atoms with Gasteiger partial charge in [0.05, 0.1) is 6.54 Å². The maximum absolute atomic E-state index is 10.5. The molecule has 0 bridgehead atoms. The van der Waals surface area contributed by atoms with E-state index < -0.39 is 5.60 Å². The lowest BCUT2D eigenvalue weighted by molar-refractivity contribution is 0.0607. The normalized spacial score (nSPS) is 25.2. The Bertz CT molecular complexity index is 525. The number of hydrogen-bond acceptors (Lipinski definition) is 3. The second-order valence-corrected chi connectivity index (χ2v) is 6.66. The Morgan fingerprint density at radius 1 is 1.23 bits per heavy atom. The summed E-state index contributed by atoms with van der Waals surface area (Å²) in [6.45, 7) is 1.84. The van der Waals surface area contributed by atoms with Crippen molar-refractivity contribution in [3.8, 4) is 11.8 Å². The highest BCUT2D eigenvalue weighted by atomic mass is 16.3. The number of aromatic nitrogens is 1. The van der Waals surface area contributed by atoms with Crippen molar-refractivity contribution in [2.75, 3.05) is 13.1 Å². The summed E-state index contributed by atoms with van der Waals surface area (Å²) >= 11 is 0. The van der Waals surface area contributed by atoms with Crippen LogP contribution in [0, 0.1) is 11.8 Å². The molecule has 1 saturated heterocycles. The van der Waals surface area contributed by atoms with E-state index in [0.717, 1.165) is 38.8 Å². The van der Waals surface area contributed by atoms with Gasteiger partial charge in [0.1, 0.15) is 5.60 Å². The van der Waals surface area contributed by atoms with Gasteiger partial charge in [-0.3, -0.25) is 9.88 Å². The predicted octanol–water partition coefficient (Wildman–Crippen LogP) is 3.31. The first kappa shape index (κ1) is 15.5. The van der Waals surface area contributed by atoms with Crippen molar-refractivity contribution in [1.29, 1.82) is 0 Å². The van der Waals surface area contributed by atoms with Crippen molar-refractivity contribution >= 4 is 0 Å². The van der Waals surface area contributed by atoms with Gasteiger partial charge in [-0.15, -0.1) is 0 Å². The number of hydrogen-bond donors (Lipinski definition) is 1. The Morgan fingerprint density at radius 2 is 2.09 bits per heavy atom. The zero-order valence-electron chi connectivity index (χ0n) is 13.3. The van der Waals surface area contributed by atoms with Gasteiger partial charge in [0.25, 0.3) is 0 Å². The number of pyridine rings is 1. The quantitative estimate of drug-likeness (QED) is 0.851. The van der Waals surface area contributed by atoms with Crippen LogP contribution in [0.4, 0.5) is 0 Å². The molecular formula is C19H26N2O. The van der Waals surface area contributed by atoms with Crippen molar-refractivity contribution in [2.45, 2.75) is 63.0 Å². The maximum Gasteiger partial charge on any atom is 0.125 e. The third-order valence-electron chi connectivity index (χ3n) is 4.97. The number of likely N-dealkylation sites (tertiary alicyclic amines) is 1. The molecule has 3 heteroatoms. The van der Waals surface area contributed by atoms with Gasteiger partial charge in [0.15, 0.2) is 0 Å². The van der Waals surface area contributed by atoms with E-state index >= 15 is 0 Å². The van der Waals surface area contributed by atoms with Crippen molar-refractivity contribution in [2.24, 2.45) is 0 Å². The fourth-order valence-corrected chi connectivity index (χ4v) is 3.70. The number of rotatable bonds is 2. The lowest BCUT2D eigenvalue weighted by atomic mass is 9.85. The van der Waals surface area contributed by atoms with E-state index in [9.17, 15) is 5.11 Å². The first-order valence-electron chi connectivity index (χ1n) is 8.63. The first-order chi connectivity index (χ1) is 10.8. The zero-order chi connectivity index (χ0) is 15.3. The second-order valence-electron chi connectivity index (χ2n) is 6.66. The smallest absolute Gasteiger partial charge is 0.125 e. The van der Waals surface area contributed by atoms with Gasteiger partial charge < -0.3 is 5.11 Å². The zero-order valence-corrected chi connectivity index (χ0v) is 13.3. The molecule has 2 fully saturated rings. The van der Waals surface area contributed by atoms with Gasteiger partial charge in [-0.1, -0.05) is 30.7 Å². The fraction of sp³-hybridized carbons (Fsp3) is 0.632. The van der Waals surface area contributed by atoms with E-state index in [-0.39, 0.29) is 0 Å². The van der Waals surface area contributed by atoms with Crippen LogP contribution in [0.5, 0.6) is 0 Å². The molecule has 2 heterocycles. The average molecular weight is 298 g/mol. The van der Waals surface area contributed by atoms with E-state index in [1.54, 1.807) is 0 Å². The van der Waals surface area contributed by atoms with E-state index in [2.05, 4.69) is 27.8 Å². The standard InChI is InChI=1S/C19H26N2O/c22-19(10-3-1-4-11-19)12-7-15-21-14-5-2-9-18(21)17-8-6-13-20-16-17/h6,8,13,16,18,22H,1-5,9-11,14-15H2. The summed E-state index contributed by atoms with van der Waals surface area (Å²) in [6, 6.07) is 4.61. The van der Waals surface area contributed by atoms with E-state index in [4.69, 9.17) is 0 Å². The molecule has 0 radical (unpaired) electrons. The van der Waals surface area contributed by atoms with Gasteiger partial charge in [-0.05, 0) is 56.7 Å². The maximum atomic E-state index is 10.5. The molecule has 1 aromatic rings. The summed E-state index contributed by atoms with van der Waals surface area (Å²) in [5.41, 5.74) is 0.568. The molecule has 1 unspecified atom stereocenters. The highest BCUT2D eigenvalue weighted by Crippen LogP contribution is 2.30. The van der Waals surface area contributed by atoms with E-state index in [1.165, 1.54) is 31.2 Å². The van der Waals surface area contributed by atoms with Gasteiger partial charge in [-0.25, -0.2) is 0 Å². The lowest BCUT2D eigenvalue weighted by Gasteiger charge is -2.34. The topological polar surface area (TPSA) is 36.4 Å². The second kappa shape index (κ2) is 7.26. The minimum absolute atomic E-state index is 0.428. The minimum Gasteiger partial charge on any atom is -0.378 e. The van der Waals surface area contributed by atoms with Crippen LogP contribution in [0.25, 0.3) is 0 Å². The molecule has 118 valence electrons. The third kappa shape index (κ3) is 3.88. The number of piperidine rings is 1. The summed E-state index contributed by atoms with van der Waals surface area (Å²) in [4.78, 5) is 6.70. The summed E-state index contributed by atoms with van der Waals surface area (Å²) < 4.78 is 0. The minimum atomic E-state index is -0.724. The van der Waals surface area contributed by atoms with Gasteiger partial charge >= 0.3 is 0 Å². The largest absolute Gasteiger partial charge is 0.378 e. The molecule has 1 aliphatic heterocycles. The van der Waals surface area contributed by atoms with Crippen molar-refractivity contribution < 1.29 is 5.11 Å². The van der Waals surface area contributed by atoms with E-state index in [0.29, 0.717) is 6.04 Å². The summed E-state index contributed by atoms with van der Waals surface area (Å²) in [5.74, 6) is 6.44. The van der Waals surface area contributed by atoms with Gasteiger partial charge in [0.2, 0.25) is 0 Å². The number of aliphatic hydroxyl groups is 1. The molecule has 0 spiro atoms. The molecule has 1 saturated carbocycles. The highest BCUT2D eigenvalue weighted by molar-refractivity contribution is 5.18. The average Bonchev–Trinajstić information content (AvgIpc) is 2.57. The molecule has 3 nitrogen and oxygen atoms in total. The molecule has 2 aliphatic rings. The van der Waals surface area contributed by atoms with Crippen LogP contribution in [0.2, 0.25) is 0 Å². The van der Waals surface area contributed by atoms with Crippen molar-refractivity contribution in [3.05, 3.63) is 30.1 Å². The van der Waals surface area contributed by atoms with Gasteiger partial charge in [-0.2, -0.15) is 0 Å². The molecule has 1 N–H and O–H groups in total. The molecule has 3 rings (SSSR count). The molecule has 1 aromatic heterocycles. The van der Waals surface area contributed by atoms with Crippen molar-refractivity contribution in [3.63, 3.8) is 0 Å². The Morgan fingerprint density at radius 3 is 2.86 bits per heavy atom. The highest BCUT2D eigenvalue weighted by Gasteiger charge is 2.27. The number of nitrogens with zero attached hydrogens (tertiary/aromatic N) is 2. The SMILES string of the molecule is OC1(C#CCN2CCCCC2c2cccnc2)CCCCC1. The Kier molecular flexibility index (Phi) is 5.12. The lowest BCUT2D eigenvalue weighted by Crippen LogP contribution is -2.34. The van der Waals surface area contributed by atoms with Crippen LogP contribution in [0.3, 0.4) is 0 Å². The van der Waals surface area contributed by atoms with Crippen LogP contribution in [0.15, 0.2) is 24.5 Å². The molecule has 22 heavy (non-hydrogen) atoms. The summed E-state index contributed by atoms with van der Waals surface area (Å²) in [6.07, 6.45) is 12.6. The van der Waals surface area contributed by atoms with Crippen LogP contribution in [-0.4, -0.2) is 33.7 Å². The monoisotopic (exact) mass is 298 g/mol. The van der Waals surface area contributed by atoms with Crippen LogP contribution in [-0.2, 0) is 0 Å². The van der Waals surface area contributed by atoms with E-state index in [1.807, 2.05) is 18.5 Å². The van der Waals surface area contributed by atoms with Crippen LogP contribution >= 0.6 is 0 Å². The molecule has 1 aliphatic carbocycles. The summed E-state index contributed by atoms with van der Waals surface area (Å²) in [7, 11) is 0. The summed E-state index contributed by atoms with van der Waals surface area (Å²) in [5, 5.41) is 10.5. The predicted molar refractivity (Wildman–Crippen MR) is 88.2 cm³/mol. The van der Waals surface area contributed by atoms with Crippen molar-refractivity contribution in [1.82, 2.24) is 9.88 Å². The molecule has 0 aromatic carbocycles. The fourth-order valence-electron chi connectivity index (χ4n) is 3.70. The third-order valence-corrected chi connectivity index (χ3v) is 4.97. The van der Waals surface area contributed by atoms with Crippen LogP contribution < -0.4 is 0 Å². The Hall–Kier alpha value is -1.37. The van der Waals surface area contributed by atoms with Crippen LogP contribution in [0.1, 0.15) is 63.0 Å².